The average Bonchev–Trinajstić information content (AvgIpc) is 2.63. The van der Waals surface area contributed by atoms with Gasteiger partial charge in [-0.05, 0) is 83.6 Å². The summed E-state index contributed by atoms with van der Waals surface area (Å²) in [6.45, 7) is 7.47. The lowest BCUT2D eigenvalue weighted by molar-refractivity contribution is -0.137. The highest BCUT2D eigenvalue weighted by Crippen LogP contribution is 2.26. The lowest BCUT2D eigenvalue weighted by atomic mass is 9.89. The first-order valence-corrected chi connectivity index (χ1v) is 9.86. The monoisotopic (exact) mass is 340 g/mol. The van der Waals surface area contributed by atoms with Gasteiger partial charge in [0, 0.05) is 20.1 Å². The number of hydrogen-bond acceptors (Lipinski definition) is 4. The molecular weight excluding hydrogens is 304 g/mol. The van der Waals surface area contributed by atoms with Crippen molar-refractivity contribution in [2.45, 2.75) is 63.9 Å². The van der Waals surface area contributed by atoms with E-state index in [1.807, 2.05) is 0 Å². The van der Waals surface area contributed by atoms with Crippen LogP contribution in [0.15, 0.2) is 0 Å². The molecule has 4 fully saturated rings. The van der Waals surface area contributed by atoms with Gasteiger partial charge < -0.3 is 19.6 Å². The Labute approximate surface area is 147 Å². The quantitative estimate of drug-likeness (QED) is 0.722. The highest BCUT2D eigenvalue weighted by Gasteiger charge is 2.24. The number of methoxy groups -OCH3 is 1. The molecule has 4 aliphatic heterocycles. The summed E-state index contributed by atoms with van der Waals surface area (Å²) >= 11 is 0. The molecule has 5 heteroatoms. The Morgan fingerprint density at radius 3 is 2.25 bits per heavy atom. The van der Waals surface area contributed by atoms with Gasteiger partial charge in [0.05, 0.1) is 6.10 Å². The van der Waals surface area contributed by atoms with Crippen molar-refractivity contribution >= 4 is 5.97 Å². The van der Waals surface area contributed by atoms with Crippen LogP contribution >= 0.6 is 0 Å². The van der Waals surface area contributed by atoms with Gasteiger partial charge in [0.15, 0.2) is 0 Å². The number of piperidine rings is 4. The minimum absolute atomic E-state index is 0.306. The van der Waals surface area contributed by atoms with E-state index in [1.165, 1.54) is 58.3 Å². The van der Waals surface area contributed by atoms with E-state index in [0.717, 1.165) is 38.3 Å². The third kappa shape index (κ3) is 7.49. The molecule has 0 aromatic heterocycles. The Morgan fingerprint density at radius 1 is 1.04 bits per heavy atom. The number of rotatable bonds is 7. The van der Waals surface area contributed by atoms with Crippen molar-refractivity contribution in [3.63, 3.8) is 0 Å². The summed E-state index contributed by atoms with van der Waals surface area (Å²) in [4.78, 5) is 15.3. The summed E-state index contributed by atoms with van der Waals surface area (Å²) in [6.07, 6.45) is 10.5. The van der Waals surface area contributed by atoms with E-state index in [1.54, 1.807) is 7.11 Å². The Kier molecular flexibility index (Phi) is 9.07. The third-order valence-corrected chi connectivity index (χ3v) is 5.72. The second kappa shape index (κ2) is 11.1. The first-order valence-electron chi connectivity index (χ1n) is 9.86. The van der Waals surface area contributed by atoms with Gasteiger partial charge in [-0.15, -0.1) is 0 Å². The van der Waals surface area contributed by atoms with Crippen LogP contribution in [0.3, 0.4) is 0 Å². The topological polar surface area (TPSA) is 53.0 Å². The summed E-state index contributed by atoms with van der Waals surface area (Å²) in [5.41, 5.74) is 0. The number of fused-ring (bicyclic) bond motifs is 3. The van der Waals surface area contributed by atoms with Crippen molar-refractivity contribution in [1.29, 1.82) is 0 Å². The fourth-order valence-corrected chi connectivity index (χ4v) is 4.06. The number of carboxylic acid groups (broad SMARTS) is 1. The van der Waals surface area contributed by atoms with E-state index in [9.17, 15) is 4.79 Å². The van der Waals surface area contributed by atoms with Crippen LogP contribution in [0.25, 0.3) is 0 Å². The van der Waals surface area contributed by atoms with Crippen molar-refractivity contribution in [1.82, 2.24) is 9.80 Å². The van der Waals surface area contributed by atoms with E-state index in [-0.39, 0.29) is 0 Å². The smallest absolute Gasteiger partial charge is 0.303 e. The van der Waals surface area contributed by atoms with Crippen LogP contribution in [0.1, 0.15) is 57.8 Å². The van der Waals surface area contributed by atoms with Crippen molar-refractivity contribution in [3.8, 4) is 0 Å². The van der Waals surface area contributed by atoms with Gasteiger partial charge in [-0.25, -0.2) is 0 Å². The summed E-state index contributed by atoms with van der Waals surface area (Å²) in [5, 5.41) is 8.50. The van der Waals surface area contributed by atoms with Crippen LogP contribution in [0.5, 0.6) is 0 Å². The molecule has 0 aliphatic carbocycles. The van der Waals surface area contributed by atoms with E-state index in [2.05, 4.69) is 9.80 Å². The van der Waals surface area contributed by atoms with Gasteiger partial charge >= 0.3 is 5.97 Å². The summed E-state index contributed by atoms with van der Waals surface area (Å²) in [7, 11) is 1.78. The normalized spacial score (nSPS) is 29.8. The van der Waals surface area contributed by atoms with Gasteiger partial charge in [-0.1, -0.05) is 6.42 Å². The molecule has 1 atom stereocenters. The molecule has 24 heavy (non-hydrogen) atoms. The largest absolute Gasteiger partial charge is 0.481 e. The molecule has 4 aliphatic rings. The second-order valence-corrected chi connectivity index (χ2v) is 7.58. The Hall–Kier alpha value is -0.650. The molecule has 0 aromatic carbocycles. The summed E-state index contributed by atoms with van der Waals surface area (Å²) in [5.74, 6) is 0.428. The predicted molar refractivity (Wildman–Crippen MR) is 96.4 cm³/mol. The number of carbonyl (C=O) groups is 1. The molecule has 2 bridgehead atoms. The minimum Gasteiger partial charge on any atom is -0.481 e. The Balaban J connectivity index is 0.000000214. The first kappa shape index (κ1) is 19.7. The minimum atomic E-state index is -0.683. The van der Waals surface area contributed by atoms with Crippen LogP contribution in [-0.2, 0) is 9.53 Å². The van der Waals surface area contributed by atoms with Crippen molar-refractivity contribution < 1.29 is 14.6 Å². The molecule has 0 spiro atoms. The number of ether oxygens (including phenoxy) is 1. The Bertz CT molecular complexity index is 334. The van der Waals surface area contributed by atoms with Crippen LogP contribution < -0.4 is 0 Å². The fraction of sp³-hybridized carbons (Fsp3) is 0.947. The molecule has 4 saturated heterocycles. The van der Waals surface area contributed by atoms with Gasteiger partial charge in [0.1, 0.15) is 0 Å². The van der Waals surface area contributed by atoms with Crippen LogP contribution in [0.2, 0.25) is 0 Å². The zero-order valence-corrected chi connectivity index (χ0v) is 15.4. The summed E-state index contributed by atoms with van der Waals surface area (Å²) in [6, 6.07) is 0. The maximum Gasteiger partial charge on any atom is 0.303 e. The van der Waals surface area contributed by atoms with E-state index in [0.29, 0.717) is 12.5 Å². The second-order valence-electron chi connectivity index (χ2n) is 7.58. The van der Waals surface area contributed by atoms with E-state index < -0.39 is 5.97 Å². The standard InChI is InChI=1S/C12H23NO3.C7H13N/c1-16-11-6-5-9-13(10-11)8-4-2-3-7-12(14)15;1-4-8-5-2-7(1)3-6-8/h11H,2-10H2,1H3,(H,14,15);7H,1-6H2/t11-;/m1./s1. The average molecular weight is 341 g/mol. The van der Waals surface area contributed by atoms with Crippen molar-refractivity contribution in [2.24, 2.45) is 5.92 Å². The van der Waals surface area contributed by atoms with Crippen molar-refractivity contribution in [3.05, 3.63) is 0 Å². The molecule has 4 rings (SSSR count). The maximum atomic E-state index is 10.3. The number of unbranched alkanes of at least 4 members (excludes halogenated alkanes) is 2. The molecule has 1 N–H and O–H groups in total. The van der Waals surface area contributed by atoms with Crippen LogP contribution in [0.4, 0.5) is 0 Å². The Morgan fingerprint density at radius 2 is 1.75 bits per heavy atom. The van der Waals surface area contributed by atoms with Crippen LogP contribution in [-0.4, -0.2) is 73.4 Å². The highest BCUT2D eigenvalue weighted by atomic mass is 16.5. The van der Waals surface area contributed by atoms with E-state index in [4.69, 9.17) is 9.84 Å². The van der Waals surface area contributed by atoms with E-state index >= 15 is 0 Å². The number of nitrogens with zero attached hydrogens (tertiary/aromatic N) is 2. The fourth-order valence-electron chi connectivity index (χ4n) is 4.06. The van der Waals surface area contributed by atoms with Gasteiger partial charge in [-0.3, -0.25) is 4.79 Å². The van der Waals surface area contributed by atoms with Crippen molar-refractivity contribution in [2.75, 3.05) is 46.4 Å². The molecule has 0 saturated carbocycles. The molecule has 5 nitrogen and oxygen atoms in total. The maximum absolute atomic E-state index is 10.3. The molecular formula is C19H36N2O3. The lowest BCUT2D eigenvalue weighted by Crippen LogP contribution is -2.41. The number of carboxylic acids is 1. The third-order valence-electron chi connectivity index (χ3n) is 5.72. The summed E-state index contributed by atoms with van der Waals surface area (Å²) < 4.78 is 5.36. The zero-order valence-electron chi connectivity index (χ0n) is 15.4. The molecule has 140 valence electrons. The number of likely N-dealkylation sites (tertiary alicyclic amines) is 1. The predicted octanol–water partition coefficient (Wildman–Crippen LogP) is 2.84. The SMILES string of the molecule is C1CN2CCC1CC2.CO[C@@H]1CCCN(CCCCCC(=O)O)C1. The molecule has 0 amide bonds. The van der Waals surface area contributed by atoms with Crippen LogP contribution in [0, 0.1) is 5.92 Å². The molecule has 4 heterocycles. The lowest BCUT2D eigenvalue weighted by Gasteiger charge is -2.38. The first-order chi connectivity index (χ1) is 11.7. The highest BCUT2D eigenvalue weighted by molar-refractivity contribution is 5.66. The molecule has 0 unspecified atom stereocenters. The number of aliphatic carboxylic acids is 1. The zero-order chi connectivity index (χ0) is 17.2. The van der Waals surface area contributed by atoms with Gasteiger partial charge in [0.2, 0.25) is 0 Å². The molecule has 0 radical (unpaired) electrons. The number of hydrogen-bond donors (Lipinski definition) is 1. The van der Waals surface area contributed by atoms with Gasteiger partial charge in [0.25, 0.3) is 0 Å². The van der Waals surface area contributed by atoms with Gasteiger partial charge in [-0.2, -0.15) is 0 Å². The molecule has 0 aromatic rings.